The summed E-state index contributed by atoms with van der Waals surface area (Å²) in [6.45, 7) is 0. The van der Waals surface area contributed by atoms with Gasteiger partial charge in [0.15, 0.2) is 5.82 Å². The summed E-state index contributed by atoms with van der Waals surface area (Å²) in [4.78, 5) is 1.02. The maximum atomic E-state index is 14.0. The van der Waals surface area contributed by atoms with Gasteiger partial charge in [-0.05, 0) is 24.3 Å². The van der Waals surface area contributed by atoms with Crippen molar-refractivity contribution in [2.75, 3.05) is 11.5 Å². The average Bonchev–Trinajstić information content (AvgIpc) is 2.32. The molecule has 0 aromatic heterocycles. The first-order chi connectivity index (χ1) is 8.49. The van der Waals surface area contributed by atoms with Crippen LogP contribution in [0, 0.1) is 5.82 Å². The van der Waals surface area contributed by atoms with Gasteiger partial charge in [0.25, 0.3) is 0 Å². The minimum Gasteiger partial charge on any atom is -0.398 e. The van der Waals surface area contributed by atoms with Gasteiger partial charge < -0.3 is 11.5 Å². The molecule has 2 aromatic rings. The Bertz CT molecular complexity index is 605. The van der Waals surface area contributed by atoms with E-state index in [0.717, 1.165) is 16.7 Å². The zero-order valence-corrected chi connectivity index (χ0v) is 11.4. The smallest absolute Gasteiger partial charge is 0.159 e. The molecule has 0 aliphatic carbocycles. The fourth-order valence-corrected chi connectivity index (χ4v) is 2.80. The fourth-order valence-electron chi connectivity index (χ4n) is 1.40. The molecule has 2 rings (SSSR count). The zero-order chi connectivity index (χ0) is 13.3. The Morgan fingerprint density at radius 1 is 1.06 bits per heavy atom. The van der Waals surface area contributed by atoms with Gasteiger partial charge in [-0.25, -0.2) is 4.39 Å². The topological polar surface area (TPSA) is 52.0 Å². The predicted molar refractivity (Wildman–Crippen MR) is 75.8 cm³/mol. The second-order valence-corrected chi connectivity index (χ2v) is 5.47. The summed E-state index contributed by atoms with van der Waals surface area (Å²) in [5.74, 6) is -0.612. The van der Waals surface area contributed by atoms with Crippen molar-refractivity contribution in [3.8, 4) is 0 Å². The third-order valence-corrected chi connectivity index (χ3v) is 3.96. The first kappa shape index (κ1) is 13.3. The monoisotopic (exact) mass is 302 g/mol. The van der Waals surface area contributed by atoms with E-state index in [2.05, 4.69) is 0 Å². The van der Waals surface area contributed by atoms with Crippen LogP contribution in [0.15, 0.2) is 40.1 Å². The number of anilines is 2. The first-order valence-electron chi connectivity index (χ1n) is 4.95. The summed E-state index contributed by atoms with van der Waals surface area (Å²) in [5, 5.41) is 0.453. The summed E-state index contributed by atoms with van der Waals surface area (Å²) in [6, 6.07) is 8.48. The largest absolute Gasteiger partial charge is 0.398 e. The minimum atomic E-state index is -0.612. The molecule has 0 fully saturated rings. The molecule has 4 N–H and O–H groups in total. The summed E-state index contributed by atoms with van der Waals surface area (Å²) in [7, 11) is 0. The van der Waals surface area contributed by atoms with Gasteiger partial charge in [0.05, 0.1) is 16.3 Å². The Balaban J connectivity index is 2.44. The van der Waals surface area contributed by atoms with Crippen molar-refractivity contribution < 1.29 is 4.39 Å². The van der Waals surface area contributed by atoms with Crippen LogP contribution in [-0.2, 0) is 0 Å². The van der Waals surface area contributed by atoms with Crippen LogP contribution in [0.3, 0.4) is 0 Å². The van der Waals surface area contributed by atoms with E-state index in [-0.39, 0.29) is 21.3 Å². The molecule has 2 aromatic carbocycles. The number of benzene rings is 2. The molecule has 6 heteroatoms. The highest BCUT2D eigenvalue weighted by Gasteiger charge is 2.15. The van der Waals surface area contributed by atoms with Crippen LogP contribution in [0.1, 0.15) is 0 Å². The fraction of sp³-hybridized carbons (Fsp3) is 0. The standard InChI is InChI=1S/C12H9Cl2FN2S/c13-6-2-1-3-7(4-6)18-12-9(17)5-8(16)10(14)11(12)15/h1-5H,16-17H2. The van der Waals surface area contributed by atoms with Crippen LogP contribution in [0.4, 0.5) is 15.8 Å². The van der Waals surface area contributed by atoms with Crippen LogP contribution >= 0.6 is 35.0 Å². The minimum absolute atomic E-state index is 0.117. The normalized spacial score (nSPS) is 10.6. The molecular weight excluding hydrogens is 294 g/mol. The van der Waals surface area contributed by atoms with Crippen LogP contribution in [0.5, 0.6) is 0 Å². The number of rotatable bonds is 2. The summed E-state index contributed by atoms with van der Waals surface area (Å²) in [6.07, 6.45) is 0. The third kappa shape index (κ3) is 2.66. The van der Waals surface area contributed by atoms with Gasteiger partial charge in [0, 0.05) is 9.92 Å². The zero-order valence-electron chi connectivity index (χ0n) is 9.08. The third-order valence-electron chi connectivity index (χ3n) is 2.23. The lowest BCUT2D eigenvalue weighted by atomic mass is 10.3. The molecule has 0 heterocycles. The van der Waals surface area contributed by atoms with Crippen molar-refractivity contribution in [3.05, 3.63) is 46.2 Å². The molecular formula is C12H9Cl2FN2S. The molecule has 2 nitrogen and oxygen atoms in total. The Morgan fingerprint density at radius 3 is 2.44 bits per heavy atom. The van der Waals surface area contributed by atoms with Gasteiger partial charge in [-0.3, -0.25) is 0 Å². The lowest BCUT2D eigenvalue weighted by Crippen LogP contribution is -1.97. The lowest BCUT2D eigenvalue weighted by molar-refractivity contribution is 0.604. The summed E-state index contributed by atoms with van der Waals surface area (Å²) >= 11 is 12.8. The van der Waals surface area contributed by atoms with E-state index in [1.54, 1.807) is 24.3 Å². The van der Waals surface area contributed by atoms with Crippen molar-refractivity contribution in [2.24, 2.45) is 0 Å². The predicted octanol–water partition coefficient (Wildman–Crippen LogP) is 4.45. The molecule has 0 aliphatic rings. The number of halogens is 3. The molecule has 94 valence electrons. The lowest BCUT2D eigenvalue weighted by Gasteiger charge is -2.10. The highest BCUT2D eigenvalue weighted by Crippen LogP contribution is 2.40. The van der Waals surface area contributed by atoms with E-state index in [1.165, 1.54) is 6.07 Å². The van der Waals surface area contributed by atoms with Gasteiger partial charge >= 0.3 is 0 Å². The first-order valence-corrected chi connectivity index (χ1v) is 6.52. The van der Waals surface area contributed by atoms with Crippen molar-refractivity contribution in [2.45, 2.75) is 9.79 Å². The van der Waals surface area contributed by atoms with Crippen LogP contribution in [0.2, 0.25) is 10.0 Å². The Hall–Kier alpha value is -1.10. The van der Waals surface area contributed by atoms with Crippen LogP contribution in [0.25, 0.3) is 0 Å². The van der Waals surface area contributed by atoms with E-state index < -0.39 is 5.82 Å². The average molecular weight is 303 g/mol. The van der Waals surface area contributed by atoms with Gasteiger partial charge in [-0.2, -0.15) is 0 Å². The molecule has 0 saturated carbocycles. The number of nitrogen functional groups attached to an aromatic ring is 2. The van der Waals surface area contributed by atoms with E-state index in [0.29, 0.717) is 5.02 Å². The summed E-state index contributed by atoms with van der Waals surface area (Å²) < 4.78 is 14.0. The van der Waals surface area contributed by atoms with Gasteiger partial charge in [0.1, 0.15) is 5.02 Å². The highest BCUT2D eigenvalue weighted by molar-refractivity contribution is 7.99. The summed E-state index contributed by atoms with van der Waals surface area (Å²) in [5.41, 5.74) is 11.6. The van der Waals surface area contributed by atoms with Gasteiger partial charge in [0.2, 0.25) is 0 Å². The van der Waals surface area contributed by atoms with Crippen LogP contribution in [-0.4, -0.2) is 0 Å². The van der Waals surface area contributed by atoms with Crippen molar-refractivity contribution in [1.82, 2.24) is 0 Å². The second-order valence-electron chi connectivity index (χ2n) is 3.57. The van der Waals surface area contributed by atoms with E-state index in [9.17, 15) is 4.39 Å². The Kier molecular flexibility index (Phi) is 3.90. The molecule has 0 saturated heterocycles. The molecule has 0 atom stereocenters. The number of nitrogens with two attached hydrogens (primary N) is 2. The Labute approximate surface area is 118 Å². The van der Waals surface area contributed by atoms with Gasteiger partial charge in [-0.1, -0.05) is 41.0 Å². The van der Waals surface area contributed by atoms with Crippen molar-refractivity contribution >= 4 is 46.3 Å². The van der Waals surface area contributed by atoms with Crippen molar-refractivity contribution in [3.63, 3.8) is 0 Å². The maximum absolute atomic E-state index is 14.0. The molecule has 0 radical (unpaired) electrons. The SMILES string of the molecule is Nc1cc(N)c(Sc2cccc(Cl)c2)c(F)c1Cl. The van der Waals surface area contributed by atoms with E-state index >= 15 is 0 Å². The molecule has 0 aliphatic heterocycles. The molecule has 0 unspecified atom stereocenters. The molecule has 0 amide bonds. The van der Waals surface area contributed by atoms with Crippen molar-refractivity contribution in [1.29, 1.82) is 0 Å². The maximum Gasteiger partial charge on any atom is 0.159 e. The molecule has 0 spiro atoms. The Morgan fingerprint density at radius 2 is 1.78 bits per heavy atom. The number of hydrogen-bond acceptors (Lipinski definition) is 3. The van der Waals surface area contributed by atoms with E-state index in [4.69, 9.17) is 34.7 Å². The van der Waals surface area contributed by atoms with Crippen LogP contribution < -0.4 is 11.5 Å². The second kappa shape index (κ2) is 5.26. The van der Waals surface area contributed by atoms with E-state index in [1.807, 2.05) is 0 Å². The van der Waals surface area contributed by atoms with Gasteiger partial charge in [-0.15, -0.1) is 0 Å². The molecule has 18 heavy (non-hydrogen) atoms. The highest BCUT2D eigenvalue weighted by atomic mass is 35.5. The molecule has 0 bridgehead atoms. The quantitative estimate of drug-likeness (QED) is 0.806. The number of hydrogen-bond donors (Lipinski definition) is 2.